The van der Waals surface area contributed by atoms with Crippen LogP contribution in [0.2, 0.25) is 0 Å². The van der Waals surface area contributed by atoms with Crippen LogP contribution in [0.25, 0.3) is 0 Å². The Kier molecular flexibility index (Phi) is 10.7. The fourth-order valence-electron chi connectivity index (χ4n) is 6.10. The van der Waals surface area contributed by atoms with E-state index in [1.807, 2.05) is 0 Å². The minimum atomic E-state index is -0.466. The van der Waals surface area contributed by atoms with Crippen LogP contribution in [0.4, 0.5) is 5.69 Å². The SMILES string of the molecule is CCCCCC[C@H]1C[C@@H](COC(=O)c2ccccc2N2C(=O)CC(C)C2=O)CN(CCCc2ccccc2)C1. The van der Waals surface area contributed by atoms with E-state index in [4.69, 9.17) is 4.74 Å². The Balaban J connectivity index is 1.36. The summed E-state index contributed by atoms with van der Waals surface area (Å²) < 4.78 is 5.86. The Labute approximate surface area is 233 Å². The molecule has 0 bridgehead atoms. The molecule has 2 amide bonds. The first-order valence-electron chi connectivity index (χ1n) is 14.9. The summed E-state index contributed by atoms with van der Waals surface area (Å²) in [5.74, 6) is -0.471. The van der Waals surface area contributed by atoms with Gasteiger partial charge in [0.2, 0.25) is 11.8 Å². The van der Waals surface area contributed by atoms with Crippen molar-refractivity contribution in [2.24, 2.45) is 17.8 Å². The summed E-state index contributed by atoms with van der Waals surface area (Å²) in [5.41, 5.74) is 1.99. The predicted octanol–water partition coefficient (Wildman–Crippen LogP) is 6.28. The molecule has 0 spiro atoms. The number of piperidine rings is 1. The number of imide groups is 1. The monoisotopic (exact) mass is 532 g/mol. The molecule has 2 aromatic carbocycles. The van der Waals surface area contributed by atoms with Crippen molar-refractivity contribution in [2.75, 3.05) is 31.1 Å². The number of anilines is 1. The fraction of sp³-hybridized carbons (Fsp3) is 0.545. The highest BCUT2D eigenvalue weighted by atomic mass is 16.5. The second kappa shape index (κ2) is 14.4. The van der Waals surface area contributed by atoms with E-state index in [0.717, 1.165) is 43.8 Å². The maximum absolute atomic E-state index is 13.2. The van der Waals surface area contributed by atoms with Gasteiger partial charge >= 0.3 is 5.97 Å². The minimum Gasteiger partial charge on any atom is -0.462 e. The highest BCUT2D eigenvalue weighted by molar-refractivity contribution is 6.22. The van der Waals surface area contributed by atoms with E-state index in [9.17, 15) is 14.4 Å². The Morgan fingerprint density at radius 2 is 1.67 bits per heavy atom. The van der Waals surface area contributed by atoms with E-state index in [2.05, 4.69) is 42.2 Å². The first-order valence-corrected chi connectivity index (χ1v) is 14.9. The Morgan fingerprint density at radius 3 is 2.41 bits per heavy atom. The standard InChI is InChI=1S/C33H44N2O4/c1-3-4-5-7-15-27-21-28(23-34(22-27)19-12-16-26-13-8-6-9-14-26)24-39-33(38)29-17-10-11-18-30(29)35-31(36)20-25(2)32(35)37/h6,8-11,13-14,17-18,25,27-28H,3-5,7,12,15-16,19-24H2,1-2H3/t25?,27-,28+/m0/s1. The Bertz CT molecular complexity index is 1100. The van der Waals surface area contributed by atoms with Gasteiger partial charge in [0.25, 0.3) is 0 Å². The zero-order chi connectivity index (χ0) is 27.6. The molecule has 39 heavy (non-hydrogen) atoms. The van der Waals surface area contributed by atoms with Gasteiger partial charge in [-0.2, -0.15) is 0 Å². The molecule has 2 aliphatic rings. The fourth-order valence-corrected chi connectivity index (χ4v) is 6.10. The van der Waals surface area contributed by atoms with Crippen molar-refractivity contribution >= 4 is 23.5 Å². The van der Waals surface area contributed by atoms with Gasteiger partial charge in [-0.15, -0.1) is 0 Å². The summed E-state index contributed by atoms with van der Waals surface area (Å²) >= 11 is 0. The van der Waals surface area contributed by atoms with Crippen LogP contribution < -0.4 is 4.90 Å². The second-order valence-electron chi connectivity index (χ2n) is 11.5. The van der Waals surface area contributed by atoms with Crippen LogP contribution in [0.15, 0.2) is 54.6 Å². The number of carbonyl (C=O) groups excluding carboxylic acids is 3. The van der Waals surface area contributed by atoms with Crippen LogP contribution in [-0.2, 0) is 20.7 Å². The van der Waals surface area contributed by atoms with Gasteiger partial charge in [-0.25, -0.2) is 9.69 Å². The Morgan fingerprint density at radius 1 is 0.923 bits per heavy atom. The molecule has 0 radical (unpaired) electrons. The number of amides is 2. The number of esters is 1. The van der Waals surface area contributed by atoms with E-state index < -0.39 is 5.97 Å². The van der Waals surface area contributed by atoms with Crippen molar-refractivity contribution in [3.63, 3.8) is 0 Å². The summed E-state index contributed by atoms with van der Waals surface area (Å²) in [6.07, 6.45) is 9.71. The normalized spacial score (nSPS) is 21.9. The average Bonchev–Trinajstić information content (AvgIpc) is 3.20. The van der Waals surface area contributed by atoms with Gasteiger partial charge in [0.1, 0.15) is 0 Å². The van der Waals surface area contributed by atoms with Crippen LogP contribution in [0.1, 0.15) is 81.1 Å². The largest absolute Gasteiger partial charge is 0.462 e. The van der Waals surface area contributed by atoms with Crippen molar-refractivity contribution in [1.29, 1.82) is 0 Å². The van der Waals surface area contributed by atoms with Crippen LogP contribution in [0.5, 0.6) is 0 Å². The predicted molar refractivity (Wildman–Crippen MR) is 155 cm³/mol. The summed E-state index contributed by atoms with van der Waals surface area (Å²) in [7, 11) is 0. The molecule has 0 aromatic heterocycles. The average molecular weight is 533 g/mol. The smallest absolute Gasteiger partial charge is 0.340 e. The van der Waals surface area contributed by atoms with Crippen molar-refractivity contribution < 1.29 is 19.1 Å². The van der Waals surface area contributed by atoms with E-state index in [0.29, 0.717) is 18.2 Å². The maximum atomic E-state index is 13.2. The van der Waals surface area contributed by atoms with Gasteiger partial charge < -0.3 is 9.64 Å². The van der Waals surface area contributed by atoms with Crippen LogP contribution >= 0.6 is 0 Å². The number of benzene rings is 2. The van der Waals surface area contributed by atoms with Crippen LogP contribution in [-0.4, -0.2) is 48.9 Å². The van der Waals surface area contributed by atoms with Crippen molar-refractivity contribution in [3.05, 3.63) is 65.7 Å². The minimum absolute atomic E-state index is 0.171. The zero-order valence-electron chi connectivity index (χ0n) is 23.6. The van der Waals surface area contributed by atoms with Crippen LogP contribution in [0, 0.1) is 17.8 Å². The number of para-hydroxylation sites is 1. The number of carbonyl (C=O) groups is 3. The van der Waals surface area contributed by atoms with E-state index in [-0.39, 0.29) is 35.6 Å². The highest BCUT2D eigenvalue weighted by Gasteiger charge is 2.38. The number of aryl methyl sites for hydroxylation is 1. The molecule has 2 aromatic rings. The molecule has 1 unspecified atom stereocenters. The lowest BCUT2D eigenvalue weighted by Crippen LogP contribution is -2.42. The number of hydrogen-bond donors (Lipinski definition) is 0. The number of hydrogen-bond acceptors (Lipinski definition) is 5. The number of nitrogens with zero attached hydrogens (tertiary/aromatic N) is 2. The first-order chi connectivity index (χ1) is 19.0. The molecule has 2 saturated heterocycles. The molecule has 2 aliphatic heterocycles. The molecule has 4 rings (SSSR count). The van der Waals surface area contributed by atoms with Crippen LogP contribution in [0.3, 0.4) is 0 Å². The summed E-state index contributed by atoms with van der Waals surface area (Å²) in [6, 6.07) is 17.4. The van der Waals surface area contributed by atoms with E-state index in [1.54, 1.807) is 31.2 Å². The highest BCUT2D eigenvalue weighted by Crippen LogP contribution is 2.31. The van der Waals surface area contributed by atoms with Crippen molar-refractivity contribution in [1.82, 2.24) is 4.90 Å². The quantitative estimate of drug-likeness (QED) is 0.172. The molecule has 0 aliphatic carbocycles. The third-order valence-corrected chi connectivity index (χ3v) is 8.14. The molecule has 6 heteroatoms. The number of rotatable bonds is 13. The van der Waals surface area contributed by atoms with Gasteiger partial charge in [0.05, 0.1) is 17.9 Å². The zero-order valence-corrected chi connectivity index (χ0v) is 23.6. The summed E-state index contributed by atoms with van der Waals surface area (Å²) in [4.78, 5) is 42.0. The Hall–Kier alpha value is -2.99. The van der Waals surface area contributed by atoms with Gasteiger partial charge in [-0.05, 0) is 55.8 Å². The molecular formula is C33H44N2O4. The maximum Gasteiger partial charge on any atom is 0.340 e. The molecule has 2 fully saturated rings. The molecule has 0 saturated carbocycles. The van der Waals surface area contributed by atoms with E-state index in [1.165, 1.54) is 37.7 Å². The summed E-state index contributed by atoms with van der Waals surface area (Å²) in [5, 5.41) is 0. The molecule has 3 atom stereocenters. The lowest BCUT2D eigenvalue weighted by Gasteiger charge is -2.38. The third-order valence-electron chi connectivity index (χ3n) is 8.14. The van der Waals surface area contributed by atoms with Crippen molar-refractivity contribution in [2.45, 2.75) is 71.6 Å². The van der Waals surface area contributed by atoms with Crippen molar-refractivity contribution in [3.8, 4) is 0 Å². The molecule has 0 N–H and O–H groups in total. The number of likely N-dealkylation sites (tertiary alicyclic amines) is 1. The van der Waals surface area contributed by atoms with Gasteiger partial charge in [0, 0.05) is 31.3 Å². The molecule has 210 valence electrons. The molecular weight excluding hydrogens is 488 g/mol. The molecule has 2 heterocycles. The number of ether oxygens (including phenoxy) is 1. The lowest BCUT2D eigenvalue weighted by molar-refractivity contribution is -0.122. The molecule has 6 nitrogen and oxygen atoms in total. The van der Waals surface area contributed by atoms with Gasteiger partial charge in [-0.1, -0.05) is 82.0 Å². The van der Waals surface area contributed by atoms with Gasteiger partial charge in [0.15, 0.2) is 0 Å². The topological polar surface area (TPSA) is 66.9 Å². The van der Waals surface area contributed by atoms with E-state index >= 15 is 0 Å². The lowest BCUT2D eigenvalue weighted by atomic mass is 9.86. The second-order valence-corrected chi connectivity index (χ2v) is 11.5. The number of unbranched alkanes of at least 4 members (excludes halogenated alkanes) is 3. The summed E-state index contributed by atoms with van der Waals surface area (Å²) in [6.45, 7) is 7.43. The van der Waals surface area contributed by atoms with Gasteiger partial charge in [-0.3, -0.25) is 9.59 Å². The first kappa shape index (κ1) is 29.0. The third kappa shape index (κ3) is 8.01.